The molecule has 0 spiro atoms. The van der Waals surface area contributed by atoms with E-state index < -0.39 is 0 Å². The number of hydrogen-bond donors (Lipinski definition) is 0. The van der Waals surface area contributed by atoms with E-state index in [9.17, 15) is 4.79 Å². The predicted octanol–water partition coefficient (Wildman–Crippen LogP) is 5.77. The van der Waals surface area contributed by atoms with Crippen molar-refractivity contribution in [3.8, 4) is 0 Å². The topological polar surface area (TPSA) is 20.3 Å². The zero-order chi connectivity index (χ0) is 15.9. The Bertz CT molecular complexity index is 813. The van der Waals surface area contributed by atoms with Gasteiger partial charge < -0.3 is 0 Å². The molecule has 1 saturated heterocycles. The monoisotopic (exact) mass is 385 g/mol. The molecule has 22 heavy (non-hydrogen) atoms. The predicted molar refractivity (Wildman–Crippen MR) is 101 cm³/mol. The fourth-order valence-corrected chi connectivity index (χ4v) is 4.66. The lowest BCUT2D eigenvalue weighted by Crippen LogP contribution is -2.27. The summed E-state index contributed by atoms with van der Waals surface area (Å²) in [4.78, 5) is 16.9. The highest BCUT2D eigenvalue weighted by molar-refractivity contribution is 8.27. The van der Waals surface area contributed by atoms with Crippen LogP contribution < -0.4 is 4.90 Å². The Morgan fingerprint density at radius 1 is 1.23 bits per heavy atom. The third-order valence-corrected chi connectivity index (χ3v) is 5.77. The molecule has 3 rings (SSSR count). The Hall–Kier alpha value is -0.850. The van der Waals surface area contributed by atoms with Gasteiger partial charge in [0, 0.05) is 14.8 Å². The minimum absolute atomic E-state index is 0.162. The summed E-state index contributed by atoms with van der Waals surface area (Å²) in [5.41, 5.74) is 0.555. The lowest BCUT2D eigenvalue weighted by Gasteiger charge is -2.16. The Labute approximate surface area is 151 Å². The minimum atomic E-state index is -0.162. The summed E-state index contributed by atoms with van der Waals surface area (Å²) in [6.45, 7) is 2.03. The maximum Gasteiger partial charge on any atom is 0.270 e. The third-order valence-electron chi connectivity index (χ3n) is 2.98. The quantitative estimate of drug-likeness (QED) is 0.483. The number of amides is 1. The van der Waals surface area contributed by atoms with Crippen LogP contribution in [0.1, 0.15) is 9.75 Å². The maximum absolute atomic E-state index is 12.6. The van der Waals surface area contributed by atoms with Crippen molar-refractivity contribution in [1.29, 1.82) is 0 Å². The van der Waals surface area contributed by atoms with Gasteiger partial charge in [-0.3, -0.25) is 9.69 Å². The first-order valence-corrected chi connectivity index (χ1v) is 9.05. The fourth-order valence-electron chi connectivity index (χ4n) is 2.00. The van der Waals surface area contributed by atoms with Crippen molar-refractivity contribution in [3.63, 3.8) is 0 Å². The smallest absolute Gasteiger partial charge is 0.268 e. The number of nitrogens with zero attached hydrogens (tertiary/aromatic N) is 1. The van der Waals surface area contributed by atoms with Crippen LogP contribution in [0, 0.1) is 6.92 Å². The Morgan fingerprint density at radius 2 is 2.00 bits per heavy atom. The van der Waals surface area contributed by atoms with E-state index in [0.29, 0.717) is 25.0 Å². The number of carbonyl (C=O) groups is 1. The normalized spacial score (nSPS) is 16.9. The van der Waals surface area contributed by atoms with Crippen LogP contribution in [0.5, 0.6) is 0 Å². The van der Waals surface area contributed by atoms with Crippen LogP contribution in [0.2, 0.25) is 10.0 Å². The molecular formula is C15H9Cl2NOS3. The van der Waals surface area contributed by atoms with Gasteiger partial charge in [0.05, 0.1) is 15.6 Å². The first-order chi connectivity index (χ1) is 10.5. The molecule has 0 bridgehead atoms. The van der Waals surface area contributed by atoms with Gasteiger partial charge in [0.25, 0.3) is 5.91 Å². The van der Waals surface area contributed by atoms with Crippen molar-refractivity contribution in [3.05, 3.63) is 55.0 Å². The SMILES string of the molecule is Cc1ccc(/C=C2\SC(=S)N(c3ccc(Cl)cc3Cl)C2=O)s1. The molecular weight excluding hydrogens is 377 g/mol. The van der Waals surface area contributed by atoms with Crippen LogP contribution in [-0.4, -0.2) is 10.2 Å². The van der Waals surface area contributed by atoms with E-state index in [0.717, 1.165) is 4.88 Å². The highest BCUT2D eigenvalue weighted by Gasteiger charge is 2.34. The molecule has 2 heterocycles. The summed E-state index contributed by atoms with van der Waals surface area (Å²) in [5, 5.41) is 0.917. The van der Waals surface area contributed by atoms with Crippen LogP contribution in [-0.2, 0) is 4.79 Å². The molecule has 2 aromatic rings. The molecule has 0 saturated carbocycles. The molecule has 0 N–H and O–H groups in total. The van der Waals surface area contributed by atoms with Gasteiger partial charge in [-0.1, -0.05) is 47.2 Å². The molecule has 1 amide bonds. The first-order valence-electron chi connectivity index (χ1n) is 6.25. The fraction of sp³-hybridized carbons (Fsp3) is 0.0667. The van der Waals surface area contributed by atoms with Gasteiger partial charge in [-0.2, -0.15) is 0 Å². The molecule has 1 aliphatic rings. The van der Waals surface area contributed by atoms with Gasteiger partial charge in [-0.25, -0.2) is 0 Å². The standard InChI is InChI=1S/C15H9Cl2NOS3/c1-8-2-4-10(21-8)7-13-14(19)18(15(20)22-13)12-5-3-9(16)6-11(12)17/h2-7H,1H3/b13-7-. The second kappa shape index (κ2) is 6.34. The third kappa shape index (κ3) is 3.09. The molecule has 2 nitrogen and oxygen atoms in total. The maximum atomic E-state index is 12.6. The molecule has 0 unspecified atom stereocenters. The van der Waals surface area contributed by atoms with Gasteiger partial charge in [0.15, 0.2) is 4.32 Å². The molecule has 1 aromatic carbocycles. The van der Waals surface area contributed by atoms with Crippen LogP contribution in [0.15, 0.2) is 35.2 Å². The lowest BCUT2D eigenvalue weighted by molar-refractivity contribution is -0.113. The molecule has 1 fully saturated rings. The van der Waals surface area contributed by atoms with E-state index >= 15 is 0 Å². The molecule has 0 atom stereocenters. The van der Waals surface area contributed by atoms with Crippen molar-refractivity contribution in [1.82, 2.24) is 0 Å². The van der Waals surface area contributed by atoms with Crippen LogP contribution in [0.3, 0.4) is 0 Å². The van der Waals surface area contributed by atoms with Crippen LogP contribution in [0.4, 0.5) is 5.69 Å². The average molecular weight is 386 g/mol. The molecule has 1 aromatic heterocycles. The van der Waals surface area contributed by atoms with Crippen molar-refractivity contribution < 1.29 is 4.79 Å². The second-order valence-corrected chi connectivity index (χ2v) is 8.40. The van der Waals surface area contributed by atoms with E-state index in [1.807, 2.05) is 25.1 Å². The van der Waals surface area contributed by atoms with E-state index in [2.05, 4.69) is 0 Å². The lowest BCUT2D eigenvalue weighted by atomic mass is 10.3. The van der Waals surface area contributed by atoms with Crippen molar-refractivity contribution in [2.24, 2.45) is 0 Å². The summed E-state index contributed by atoms with van der Waals surface area (Å²) in [7, 11) is 0. The number of aryl methyl sites for hydroxylation is 1. The Kier molecular flexibility index (Phi) is 4.61. The van der Waals surface area contributed by atoms with Crippen LogP contribution in [0.25, 0.3) is 6.08 Å². The molecule has 7 heteroatoms. The largest absolute Gasteiger partial charge is 0.270 e. The second-order valence-electron chi connectivity index (χ2n) is 4.56. The highest BCUT2D eigenvalue weighted by atomic mass is 35.5. The van der Waals surface area contributed by atoms with Gasteiger partial charge in [-0.05, 0) is 43.3 Å². The number of thioether (sulfide) groups is 1. The Balaban J connectivity index is 1.96. The number of halogens is 2. The van der Waals surface area contributed by atoms with Crippen molar-refractivity contribution in [2.45, 2.75) is 6.92 Å². The zero-order valence-electron chi connectivity index (χ0n) is 11.3. The highest BCUT2D eigenvalue weighted by Crippen LogP contribution is 2.40. The first kappa shape index (κ1) is 16.0. The summed E-state index contributed by atoms with van der Waals surface area (Å²) < 4.78 is 0.466. The minimum Gasteiger partial charge on any atom is -0.268 e. The number of carbonyl (C=O) groups excluding carboxylic acids is 1. The van der Waals surface area contributed by atoms with Gasteiger partial charge in [0.1, 0.15) is 0 Å². The van der Waals surface area contributed by atoms with Gasteiger partial charge >= 0.3 is 0 Å². The van der Waals surface area contributed by atoms with E-state index in [1.165, 1.54) is 21.5 Å². The number of hydrogen-bond acceptors (Lipinski definition) is 4. The summed E-state index contributed by atoms with van der Waals surface area (Å²) >= 11 is 20.3. The molecule has 1 aliphatic heterocycles. The molecule has 0 aliphatic carbocycles. The van der Waals surface area contributed by atoms with E-state index in [-0.39, 0.29) is 5.91 Å². The van der Waals surface area contributed by atoms with Gasteiger partial charge in [0.2, 0.25) is 0 Å². The zero-order valence-corrected chi connectivity index (χ0v) is 15.3. The van der Waals surface area contributed by atoms with Crippen molar-refractivity contribution in [2.75, 3.05) is 4.90 Å². The molecule has 0 radical (unpaired) electrons. The summed E-state index contributed by atoms with van der Waals surface area (Å²) in [6, 6.07) is 9.00. The van der Waals surface area contributed by atoms with Crippen molar-refractivity contribution >= 4 is 80.5 Å². The average Bonchev–Trinajstić information content (AvgIpc) is 2.96. The number of rotatable bonds is 2. The number of thiophene rings is 1. The van der Waals surface area contributed by atoms with E-state index in [1.54, 1.807) is 29.5 Å². The number of thiocarbonyl (C=S) groups is 1. The number of anilines is 1. The Morgan fingerprint density at radius 3 is 2.64 bits per heavy atom. The number of benzene rings is 1. The van der Waals surface area contributed by atoms with Crippen LogP contribution >= 0.6 is 58.5 Å². The van der Waals surface area contributed by atoms with E-state index in [4.69, 9.17) is 35.4 Å². The molecule has 112 valence electrons. The summed E-state index contributed by atoms with van der Waals surface area (Å²) in [5.74, 6) is -0.162. The van der Waals surface area contributed by atoms with Gasteiger partial charge in [-0.15, -0.1) is 11.3 Å². The summed E-state index contributed by atoms with van der Waals surface area (Å²) in [6.07, 6.45) is 1.86.